The fourth-order valence-electron chi connectivity index (χ4n) is 4.58. The predicted octanol–water partition coefficient (Wildman–Crippen LogP) is 3.95. The molecule has 1 aliphatic carbocycles. The SMILES string of the molecule is CN(C)CC1(COc2nc3c(c(=O)[nH]2)CN(C(=O)c2cc(O)cc4cccc(I)c24)C3)CC1.Cl.Cl. The Bertz CT molecular complexity index is 1330. The Hall–Kier alpha value is -2.08. The van der Waals surface area contributed by atoms with Gasteiger partial charge in [0.05, 0.1) is 36.5 Å². The second kappa shape index (κ2) is 10.5. The number of phenols is 1. The van der Waals surface area contributed by atoms with Gasteiger partial charge in [-0.05, 0) is 73.1 Å². The highest BCUT2D eigenvalue weighted by Crippen LogP contribution is 2.46. The van der Waals surface area contributed by atoms with Gasteiger partial charge in [0.2, 0.25) is 0 Å². The predicted molar refractivity (Wildman–Crippen MR) is 147 cm³/mol. The highest BCUT2D eigenvalue weighted by molar-refractivity contribution is 14.1. The van der Waals surface area contributed by atoms with E-state index in [1.54, 1.807) is 11.0 Å². The van der Waals surface area contributed by atoms with Crippen molar-refractivity contribution < 1.29 is 14.6 Å². The molecule has 11 heteroatoms. The molecule has 0 spiro atoms. The minimum Gasteiger partial charge on any atom is -0.508 e. The first-order valence-corrected chi connectivity index (χ1v) is 11.9. The van der Waals surface area contributed by atoms with Gasteiger partial charge in [0.25, 0.3) is 17.5 Å². The van der Waals surface area contributed by atoms with Gasteiger partial charge >= 0.3 is 0 Å². The van der Waals surface area contributed by atoms with Crippen LogP contribution in [0.15, 0.2) is 35.1 Å². The van der Waals surface area contributed by atoms with Crippen LogP contribution in [0.1, 0.15) is 34.5 Å². The molecular weight excluding hydrogens is 606 g/mol. The summed E-state index contributed by atoms with van der Waals surface area (Å²) in [6.07, 6.45) is 2.19. The molecule has 0 saturated heterocycles. The minimum absolute atomic E-state index is 0. The number of aromatic amines is 1. The summed E-state index contributed by atoms with van der Waals surface area (Å²) in [6.45, 7) is 1.82. The fraction of sp³-hybridized carbons (Fsp3) is 0.375. The van der Waals surface area contributed by atoms with Crippen molar-refractivity contribution in [1.29, 1.82) is 0 Å². The van der Waals surface area contributed by atoms with Crippen molar-refractivity contribution in [1.82, 2.24) is 19.8 Å². The second-order valence-electron chi connectivity index (χ2n) is 9.32. The molecule has 188 valence electrons. The van der Waals surface area contributed by atoms with Crippen LogP contribution in [0.4, 0.5) is 0 Å². The third-order valence-corrected chi connectivity index (χ3v) is 7.22. The van der Waals surface area contributed by atoms with E-state index < -0.39 is 0 Å². The number of carbonyl (C=O) groups is 1. The third kappa shape index (κ3) is 5.52. The number of hydrogen-bond donors (Lipinski definition) is 2. The first-order valence-electron chi connectivity index (χ1n) is 10.8. The van der Waals surface area contributed by atoms with Gasteiger partial charge in [-0.15, -0.1) is 24.8 Å². The zero-order valence-electron chi connectivity index (χ0n) is 19.3. The number of rotatable bonds is 6. The maximum Gasteiger partial charge on any atom is 0.296 e. The van der Waals surface area contributed by atoms with E-state index in [1.807, 2.05) is 32.3 Å². The standard InChI is InChI=1S/C24H25IN4O4.2ClH/c1-28(2)12-24(6-7-24)13-33-23-26-19-11-29(10-17(19)21(31)27-23)22(32)16-9-15(30)8-14-4-3-5-18(25)20(14)16;;/h3-5,8-9,30H,6-7,10-13H2,1-2H3,(H,26,27,31);2*1H. The second-order valence-corrected chi connectivity index (χ2v) is 10.5. The summed E-state index contributed by atoms with van der Waals surface area (Å²) in [7, 11) is 4.08. The van der Waals surface area contributed by atoms with Crippen molar-refractivity contribution in [2.75, 3.05) is 27.2 Å². The number of amides is 1. The summed E-state index contributed by atoms with van der Waals surface area (Å²) >= 11 is 2.19. The normalized spacial score (nSPS) is 15.4. The Balaban J connectivity index is 0.00000171. The molecule has 2 aromatic carbocycles. The molecular formula is C24H27Cl2IN4O4. The zero-order valence-corrected chi connectivity index (χ0v) is 23.1. The summed E-state index contributed by atoms with van der Waals surface area (Å²) in [5, 5.41) is 11.8. The number of aromatic hydroxyl groups is 1. The van der Waals surface area contributed by atoms with Gasteiger partial charge in [-0.2, -0.15) is 4.98 Å². The highest BCUT2D eigenvalue weighted by atomic mass is 127. The largest absolute Gasteiger partial charge is 0.508 e. The number of halogens is 3. The third-order valence-electron chi connectivity index (χ3n) is 6.32. The molecule has 5 rings (SSSR count). The van der Waals surface area contributed by atoms with Crippen molar-refractivity contribution in [3.8, 4) is 11.8 Å². The van der Waals surface area contributed by atoms with Crippen LogP contribution in [0.3, 0.4) is 0 Å². The van der Waals surface area contributed by atoms with Gasteiger partial charge in [-0.1, -0.05) is 12.1 Å². The van der Waals surface area contributed by atoms with Gasteiger partial charge in [0, 0.05) is 20.9 Å². The van der Waals surface area contributed by atoms with Gasteiger partial charge in [-0.3, -0.25) is 14.6 Å². The van der Waals surface area contributed by atoms with E-state index in [4.69, 9.17) is 4.74 Å². The minimum atomic E-state index is -0.280. The Morgan fingerprint density at radius 1 is 1.26 bits per heavy atom. The van der Waals surface area contributed by atoms with E-state index in [0.717, 1.165) is 33.7 Å². The number of benzene rings is 2. The van der Waals surface area contributed by atoms with E-state index in [2.05, 4.69) is 37.5 Å². The van der Waals surface area contributed by atoms with Crippen LogP contribution in [0.2, 0.25) is 0 Å². The molecule has 1 amide bonds. The summed E-state index contributed by atoms with van der Waals surface area (Å²) in [4.78, 5) is 37.1. The van der Waals surface area contributed by atoms with Crippen molar-refractivity contribution in [2.45, 2.75) is 25.9 Å². The van der Waals surface area contributed by atoms with Crippen LogP contribution < -0.4 is 10.3 Å². The molecule has 0 unspecified atom stereocenters. The first kappa shape index (κ1) is 27.5. The van der Waals surface area contributed by atoms with E-state index in [-0.39, 0.29) is 66.5 Å². The van der Waals surface area contributed by atoms with Crippen LogP contribution in [0.25, 0.3) is 10.8 Å². The molecule has 0 atom stereocenters. The first-order chi connectivity index (χ1) is 15.7. The van der Waals surface area contributed by atoms with Gasteiger partial charge in [0.1, 0.15) is 5.75 Å². The Morgan fingerprint density at radius 3 is 2.69 bits per heavy atom. The Kier molecular flexibility index (Phi) is 8.25. The number of phenolic OH excluding ortho intramolecular Hbond substituents is 1. The summed E-state index contributed by atoms with van der Waals surface area (Å²) < 4.78 is 6.80. The van der Waals surface area contributed by atoms with E-state index in [1.165, 1.54) is 6.07 Å². The van der Waals surface area contributed by atoms with E-state index in [0.29, 0.717) is 23.4 Å². The Morgan fingerprint density at radius 2 is 2.00 bits per heavy atom. The molecule has 0 radical (unpaired) electrons. The Labute approximate surface area is 229 Å². The van der Waals surface area contributed by atoms with Crippen molar-refractivity contribution in [3.63, 3.8) is 0 Å². The number of nitrogens with zero attached hydrogens (tertiary/aromatic N) is 3. The molecule has 2 N–H and O–H groups in total. The highest BCUT2D eigenvalue weighted by Gasteiger charge is 2.44. The van der Waals surface area contributed by atoms with Crippen molar-refractivity contribution in [2.24, 2.45) is 5.41 Å². The number of aromatic nitrogens is 2. The molecule has 2 heterocycles. The molecule has 35 heavy (non-hydrogen) atoms. The van der Waals surface area contributed by atoms with Gasteiger partial charge in [-0.25, -0.2) is 0 Å². The lowest BCUT2D eigenvalue weighted by Crippen LogP contribution is -2.28. The van der Waals surface area contributed by atoms with Crippen LogP contribution in [0.5, 0.6) is 11.8 Å². The van der Waals surface area contributed by atoms with Crippen LogP contribution in [0, 0.1) is 8.99 Å². The van der Waals surface area contributed by atoms with Crippen molar-refractivity contribution in [3.05, 3.63) is 61.1 Å². The maximum absolute atomic E-state index is 13.4. The number of nitrogens with one attached hydrogen (secondary N) is 1. The molecule has 1 fully saturated rings. The summed E-state index contributed by atoms with van der Waals surface area (Å²) in [6, 6.07) is 9.02. The molecule has 0 bridgehead atoms. The van der Waals surface area contributed by atoms with Gasteiger partial charge in [0.15, 0.2) is 0 Å². The number of fused-ring (bicyclic) bond motifs is 2. The quantitative estimate of drug-likeness (QED) is 0.400. The molecule has 1 aromatic heterocycles. The molecule has 2 aliphatic rings. The van der Waals surface area contributed by atoms with E-state index in [9.17, 15) is 14.7 Å². The van der Waals surface area contributed by atoms with Crippen molar-refractivity contribution >= 4 is 64.1 Å². The van der Waals surface area contributed by atoms with Gasteiger partial charge < -0.3 is 19.6 Å². The average molecular weight is 633 g/mol. The molecule has 1 aliphatic heterocycles. The number of H-pyrrole nitrogens is 1. The lowest BCUT2D eigenvalue weighted by molar-refractivity contribution is 0.0751. The average Bonchev–Trinajstić information content (AvgIpc) is 3.36. The lowest BCUT2D eigenvalue weighted by atomic mass is 10.0. The molecule has 8 nitrogen and oxygen atoms in total. The summed E-state index contributed by atoms with van der Waals surface area (Å²) in [5.74, 6) is -0.217. The lowest BCUT2D eigenvalue weighted by Gasteiger charge is -2.20. The number of hydrogen-bond acceptors (Lipinski definition) is 6. The van der Waals surface area contributed by atoms with Crippen LogP contribution >= 0.6 is 47.4 Å². The zero-order chi connectivity index (χ0) is 23.3. The van der Waals surface area contributed by atoms with Crippen LogP contribution in [-0.2, 0) is 13.1 Å². The van der Waals surface area contributed by atoms with E-state index >= 15 is 0 Å². The smallest absolute Gasteiger partial charge is 0.296 e. The molecule has 3 aromatic rings. The topological polar surface area (TPSA) is 98.8 Å². The molecule has 1 saturated carbocycles. The maximum atomic E-state index is 13.4. The number of carbonyl (C=O) groups excluding carboxylic acids is 1. The number of ether oxygens (including phenoxy) is 1. The monoisotopic (exact) mass is 632 g/mol. The van der Waals surface area contributed by atoms with Crippen LogP contribution in [-0.4, -0.2) is 58.0 Å². The summed E-state index contributed by atoms with van der Waals surface area (Å²) in [5.41, 5.74) is 1.28. The fourth-order valence-corrected chi connectivity index (χ4v) is 5.39.